The lowest BCUT2D eigenvalue weighted by molar-refractivity contribution is 0.621. The second-order valence-electron chi connectivity index (χ2n) is 13.1. The van der Waals surface area contributed by atoms with Gasteiger partial charge in [0.25, 0.3) is 0 Å². The number of rotatable bonds is 5. The molecule has 2 aliphatic rings. The van der Waals surface area contributed by atoms with E-state index in [0.717, 1.165) is 38.7 Å². The minimum atomic E-state index is 0.0401. The summed E-state index contributed by atoms with van der Waals surface area (Å²) in [4.78, 5) is 3.40. The minimum Gasteiger partial charge on any atom is -0.455 e. The van der Waals surface area contributed by atoms with Crippen LogP contribution in [0.3, 0.4) is 0 Å². The van der Waals surface area contributed by atoms with E-state index in [2.05, 4.69) is 161 Å². The van der Waals surface area contributed by atoms with Gasteiger partial charge in [0.2, 0.25) is 0 Å². The molecule has 0 saturated heterocycles. The lowest BCUT2D eigenvalue weighted by Gasteiger charge is -2.29. The zero-order chi connectivity index (χ0) is 33.0. The third-order valence-electron chi connectivity index (χ3n) is 10.2. The molecule has 50 heavy (non-hydrogen) atoms. The standard InChI is InChI=1S/C46H33N3O/c1-2-10-32-25-33(22-19-29(32)9-1)35-13-7-16-44-45(35)39-28-38(36-11-3-4-12-37(36)46(39)50-44)31-20-17-30(18-21-31)34-26-42(40-14-5-6-23-47-40)49-43(27-34)41-15-8-24-48-41/h1-28,40,43,47-49H. The van der Waals surface area contributed by atoms with Crippen LogP contribution in [0, 0.1) is 0 Å². The smallest absolute Gasteiger partial charge is 0.143 e. The maximum absolute atomic E-state index is 6.67. The molecule has 2 aliphatic heterocycles. The van der Waals surface area contributed by atoms with Gasteiger partial charge < -0.3 is 20.0 Å². The number of dihydropyridines is 2. The molecule has 0 fully saturated rings. The molecule has 8 aromatic rings. The van der Waals surface area contributed by atoms with Crippen LogP contribution in [0.15, 0.2) is 180 Å². The van der Waals surface area contributed by atoms with E-state index in [4.69, 9.17) is 4.42 Å². The summed E-state index contributed by atoms with van der Waals surface area (Å²) in [5, 5.41) is 14.3. The highest BCUT2D eigenvalue weighted by molar-refractivity contribution is 6.22. The number of aromatic amines is 1. The summed E-state index contributed by atoms with van der Waals surface area (Å²) >= 11 is 0. The molecule has 0 bridgehead atoms. The fourth-order valence-corrected chi connectivity index (χ4v) is 7.69. The van der Waals surface area contributed by atoms with Gasteiger partial charge in [-0.15, -0.1) is 0 Å². The van der Waals surface area contributed by atoms with Crippen LogP contribution in [-0.2, 0) is 0 Å². The Labute approximate surface area is 289 Å². The van der Waals surface area contributed by atoms with Crippen molar-refractivity contribution in [3.05, 3.63) is 187 Å². The van der Waals surface area contributed by atoms with E-state index in [9.17, 15) is 0 Å². The molecule has 0 spiro atoms. The zero-order valence-corrected chi connectivity index (χ0v) is 27.2. The van der Waals surface area contributed by atoms with Crippen LogP contribution < -0.4 is 10.6 Å². The average Bonchev–Trinajstić information content (AvgIpc) is 3.87. The van der Waals surface area contributed by atoms with Crippen LogP contribution in [0.25, 0.3) is 71.3 Å². The molecular formula is C46H33N3O. The van der Waals surface area contributed by atoms with E-state index in [1.165, 1.54) is 49.5 Å². The molecule has 0 amide bonds. The largest absolute Gasteiger partial charge is 0.455 e. The van der Waals surface area contributed by atoms with Crippen LogP contribution in [0.1, 0.15) is 17.3 Å². The van der Waals surface area contributed by atoms with Crippen LogP contribution in [0.2, 0.25) is 0 Å². The minimum absolute atomic E-state index is 0.0401. The van der Waals surface area contributed by atoms with Gasteiger partial charge in [-0.3, -0.25) is 0 Å². The van der Waals surface area contributed by atoms with E-state index >= 15 is 0 Å². The molecular weight excluding hydrogens is 611 g/mol. The van der Waals surface area contributed by atoms with Gasteiger partial charge in [0.15, 0.2) is 0 Å². The SMILES string of the molecule is C1=CNC(C2=CC(c3ccc(-c4cc5c(oc6cccc(-c7ccc8ccccc8c7)c65)c5ccccc45)cc3)=CC(c3ccc[nH]3)N2)C=C1. The van der Waals surface area contributed by atoms with Crippen LogP contribution in [0.4, 0.5) is 0 Å². The molecule has 6 aromatic carbocycles. The predicted octanol–water partition coefficient (Wildman–Crippen LogP) is 11.2. The van der Waals surface area contributed by atoms with Gasteiger partial charge in [0.05, 0.1) is 12.1 Å². The Morgan fingerprint density at radius 2 is 1.40 bits per heavy atom. The van der Waals surface area contributed by atoms with Crippen molar-refractivity contribution in [3.8, 4) is 22.3 Å². The number of H-pyrrole nitrogens is 1. The molecule has 0 radical (unpaired) electrons. The molecule has 238 valence electrons. The summed E-state index contributed by atoms with van der Waals surface area (Å²) in [6.07, 6.45) is 14.9. The zero-order valence-electron chi connectivity index (χ0n) is 27.2. The molecule has 4 heterocycles. The van der Waals surface area contributed by atoms with Crippen molar-refractivity contribution in [2.75, 3.05) is 0 Å². The average molecular weight is 644 g/mol. The quantitative estimate of drug-likeness (QED) is 0.175. The van der Waals surface area contributed by atoms with Gasteiger partial charge in [-0.2, -0.15) is 0 Å². The third kappa shape index (κ3) is 4.76. The molecule has 0 aliphatic carbocycles. The maximum Gasteiger partial charge on any atom is 0.143 e. The lowest BCUT2D eigenvalue weighted by atomic mass is 9.91. The first kappa shape index (κ1) is 28.5. The summed E-state index contributed by atoms with van der Waals surface area (Å²) in [5.74, 6) is 0. The Hall–Kier alpha value is -6.52. The van der Waals surface area contributed by atoms with Gasteiger partial charge in [-0.05, 0) is 104 Å². The van der Waals surface area contributed by atoms with E-state index in [1.807, 2.05) is 24.5 Å². The van der Waals surface area contributed by atoms with Crippen LogP contribution in [0.5, 0.6) is 0 Å². The van der Waals surface area contributed by atoms with E-state index in [1.54, 1.807) is 0 Å². The van der Waals surface area contributed by atoms with Gasteiger partial charge in [-0.1, -0.05) is 109 Å². The van der Waals surface area contributed by atoms with Crippen molar-refractivity contribution in [2.24, 2.45) is 0 Å². The molecule has 0 saturated carbocycles. The Morgan fingerprint density at radius 3 is 2.24 bits per heavy atom. The molecule has 2 unspecified atom stereocenters. The number of nitrogens with one attached hydrogen (secondary N) is 3. The number of allylic oxidation sites excluding steroid dienone is 4. The Bertz CT molecular complexity index is 2710. The van der Waals surface area contributed by atoms with Crippen molar-refractivity contribution in [2.45, 2.75) is 12.1 Å². The van der Waals surface area contributed by atoms with E-state index in [0.29, 0.717) is 0 Å². The van der Waals surface area contributed by atoms with Crippen molar-refractivity contribution >= 4 is 49.1 Å². The molecule has 3 N–H and O–H groups in total. The number of hydrogen-bond acceptors (Lipinski definition) is 3. The Kier molecular flexibility index (Phi) is 6.59. The number of hydrogen-bond donors (Lipinski definition) is 3. The van der Waals surface area contributed by atoms with E-state index in [-0.39, 0.29) is 12.1 Å². The Morgan fingerprint density at radius 1 is 0.580 bits per heavy atom. The summed E-state index contributed by atoms with van der Waals surface area (Å²) in [5.41, 5.74) is 11.2. The topological polar surface area (TPSA) is 53.0 Å². The number of benzene rings is 6. The molecule has 4 nitrogen and oxygen atoms in total. The van der Waals surface area contributed by atoms with Crippen LogP contribution >= 0.6 is 0 Å². The third-order valence-corrected chi connectivity index (χ3v) is 10.2. The Balaban J connectivity index is 1.10. The highest BCUT2D eigenvalue weighted by atomic mass is 16.3. The van der Waals surface area contributed by atoms with Gasteiger partial charge >= 0.3 is 0 Å². The second-order valence-corrected chi connectivity index (χ2v) is 13.1. The fraction of sp³-hybridized carbons (Fsp3) is 0.0435. The second kappa shape index (κ2) is 11.6. The first-order chi connectivity index (χ1) is 24.8. The normalized spacial score (nSPS) is 17.2. The van der Waals surface area contributed by atoms with Gasteiger partial charge in [0, 0.05) is 33.7 Å². The summed E-state index contributed by atoms with van der Waals surface area (Å²) in [6.45, 7) is 0. The monoisotopic (exact) mass is 643 g/mol. The van der Waals surface area contributed by atoms with Crippen molar-refractivity contribution in [1.82, 2.24) is 15.6 Å². The van der Waals surface area contributed by atoms with Crippen LogP contribution in [-0.4, -0.2) is 11.0 Å². The summed E-state index contributed by atoms with van der Waals surface area (Å²) < 4.78 is 6.67. The highest BCUT2D eigenvalue weighted by Crippen LogP contribution is 2.43. The summed E-state index contributed by atoms with van der Waals surface area (Å²) in [7, 11) is 0. The molecule has 2 atom stereocenters. The first-order valence-corrected chi connectivity index (χ1v) is 17.2. The van der Waals surface area contributed by atoms with Gasteiger partial charge in [0.1, 0.15) is 11.2 Å². The van der Waals surface area contributed by atoms with E-state index < -0.39 is 0 Å². The summed E-state index contributed by atoms with van der Waals surface area (Å²) in [6, 6.07) is 46.0. The number of aromatic nitrogens is 1. The first-order valence-electron chi connectivity index (χ1n) is 17.2. The van der Waals surface area contributed by atoms with Crippen molar-refractivity contribution in [1.29, 1.82) is 0 Å². The highest BCUT2D eigenvalue weighted by Gasteiger charge is 2.23. The van der Waals surface area contributed by atoms with Crippen molar-refractivity contribution < 1.29 is 4.42 Å². The number of fused-ring (bicyclic) bond motifs is 6. The van der Waals surface area contributed by atoms with Gasteiger partial charge in [-0.25, -0.2) is 0 Å². The maximum atomic E-state index is 6.67. The van der Waals surface area contributed by atoms with Crippen molar-refractivity contribution in [3.63, 3.8) is 0 Å². The molecule has 2 aromatic heterocycles. The fourth-order valence-electron chi connectivity index (χ4n) is 7.69. The predicted molar refractivity (Wildman–Crippen MR) is 208 cm³/mol. The number of furan rings is 1. The lowest BCUT2D eigenvalue weighted by Crippen LogP contribution is -2.36. The molecule has 10 rings (SSSR count). The molecule has 4 heteroatoms.